The number of nitrogens with zero attached hydrogens (tertiary/aromatic N) is 1. The number of halogens is 1. The van der Waals surface area contributed by atoms with Gasteiger partial charge in [0, 0.05) is 27.7 Å². The second-order valence-electron chi connectivity index (χ2n) is 10.7. The summed E-state index contributed by atoms with van der Waals surface area (Å²) in [4.78, 5) is 2.30. The molecule has 7 aromatic carbocycles. The van der Waals surface area contributed by atoms with E-state index in [0.29, 0.717) is 10.6 Å². The average Bonchev–Trinajstić information content (AvgIpc) is 3.46. The maximum absolute atomic E-state index is 7.05. The number of anilines is 3. The van der Waals surface area contributed by atoms with Gasteiger partial charge in [0.15, 0.2) is 5.58 Å². The Morgan fingerprint density at radius 3 is 1.93 bits per heavy atom. The highest BCUT2D eigenvalue weighted by Crippen LogP contribution is 2.45. The van der Waals surface area contributed by atoms with Crippen molar-refractivity contribution in [1.29, 1.82) is 0 Å². The number of hydrogen-bond donors (Lipinski definition) is 0. The van der Waals surface area contributed by atoms with E-state index < -0.39 is 0 Å². The van der Waals surface area contributed by atoms with Crippen LogP contribution in [0.5, 0.6) is 0 Å². The van der Waals surface area contributed by atoms with Gasteiger partial charge in [0.25, 0.3) is 0 Å². The highest BCUT2D eigenvalue weighted by molar-refractivity contribution is 6.37. The molecule has 0 aliphatic heterocycles. The molecule has 0 aliphatic carbocycles. The zero-order valence-corrected chi connectivity index (χ0v) is 24.0. The summed E-state index contributed by atoms with van der Waals surface area (Å²) in [7, 11) is 0. The summed E-state index contributed by atoms with van der Waals surface area (Å²) in [6.07, 6.45) is 0. The van der Waals surface area contributed by atoms with Gasteiger partial charge >= 0.3 is 0 Å². The molecule has 204 valence electrons. The van der Waals surface area contributed by atoms with E-state index in [0.717, 1.165) is 49.9 Å². The third-order valence-corrected chi connectivity index (χ3v) is 8.40. The molecule has 0 unspecified atom stereocenters. The summed E-state index contributed by atoms with van der Waals surface area (Å²) >= 11 is 7.05. The van der Waals surface area contributed by atoms with Crippen LogP contribution < -0.4 is 4.90 Å². The van der Waals surface area contributed by atoms with Crippen molar-refractivity contribution >= 4 is 61.4 Å². The summed E-state index contributed by atoms with van der Waals surface area (Å²) in [6.45, 7) is 0. The molecule has 1 aromatic heterocycles. The molecule has 0 bridgehead atoms. The summed E-state index contributed by atoms with van der Waals surface area (Å²) in [5, 5.41) is 4.97. The van der Waals surface area contributed by atoms with Gasteiger partial charge in [-0.05, 0) is 63.9 Å². The zero-order valence-electron chi connectivity index (χ0n) is 23.2. The lowest BCUT2D eigenvalue weighted by atomic mass is 10.00. The highest BCUT2D eigenvalue weighted by atomic mass is 35.5. The maximum Gasteiger partial charge on any atom is 0.154 e. The predicted octanol–water partition coefficient (Wildman–Crippen LogP) is 12.2. The third-order valence-electron chi connectivity index (χ3n) is 8.12. The number of hydrogen-bond acceptors (Lipinski definition) is 2. The van der Waals surface area contributed by atoms with E-state index in [1.807, 2.05) is 24.3 Å². The van der Waals surface area contributed by atoms with E-state index in [1.165, 1.54) is 16.5 Å². The first-order valence-electron chi connectivity index (χ1n) is 14.4. The van der Waals surface area contributed by atoms with Gasteiger partial charge in [0.1, 0.15) is 5.58 Å². The Labute approximate surface area is 255 Å². The first kappa shape index (κ1) is 25.4. The largest absolute Gasteiger partial charge is 0.454 e. The molecule has 0 amide bonds. The second-order valence-corrected chi connectivity index (χ2v) is 11.1. The lowest BCUT2D eigenvalue weighted by Crippen LogP contribution is -2.11. The molecule has 43 heavy (non-hydrogen) atoms. The number of furan rings is 1. The third kappa shape index (κ3) is 4.44. The number of benzene rings is 7. The van der Waals surface area contributed by atoms with Crippen molar-refractivity contribution in [2.75, 3.05) is 4.90 Å². The molecular formula is C40H26ClNO. The van der Waals surface area contributed by atoms with Crippen LogP contribution in [-0.4, -0.2) is 0 Å². The minimum Gasteiger partial charge on any atom is -0.454 e. The Hall–Kier alpha value is -5.31. The number of rotatable bonds is 5. The van der Waals surface area contributed by atoms with Crippen molar-refractivity contribution in [3.05, 3.63) is 163 Å². The fraction of sp³-hybridized carbons (Fsp3) is 0. The van der Waals surface area contributed by atoms with Crippen molar-refractivity contribution in [3.8, 4) is 22.3 Å². The van der Waals surface area contributed by atoms with Crippen LogP contribution in [0.1, 0.15) is 0 Å². The van der Waals surface area contributed by atoms with E-state index in [1.54, 1.807) is 0 Å². The van der Waals surface area contributed by atoms with Crippen LogP contribution in [0.25, 0.3) is 55.0 Å². The van der Waals surface area contributed by atoms with Gasteiger partial charge in [0.2, 0.25) is 0 Å². The van der Waals surface area contributed by atoms with Crippen LogP contribution >= 0.6 is 11.6 Å². The Balaban J connectivity index is 1.38. The Morgan fingerprint density at radius 2 is 1.14 bits per heavy atom. The topological polar surface area (TPSA) is 16.4 Å². The SMILES string of the molecule is Clc1cc(N(c2ccc(-c3ccccc3)cc2)c2ccccc2-c2ccccc2)cc2c1oc1ccc3ccccc3c12. The highest BCUT2D eigenvalue weighted by Gasteiger charge is 2.21. The molecule has 0 spiro atoms. The van der Waals surface area contributed by atoms with Gasteiger partial charge in [-0.1, -0.05) is 133 Å². The molecule has 0 aliphatic rings. The molecule has 0 N–H and O–H groups in total. The molecule has 3 heteroatoms. The molecule has 8 aromatic rings. The lowest BCUT2D eigenvalue weighted by molar-refractivity contribution is 0.669. The smallest absolute Gasteiger partial charge is 0.154 e. The molecule has 0 fully saturated rings. The van der Waals surface area contributed by atoms with Crippen LogP contribution in [0.3, 0.4) is 0 Å². The fourth-order valence-electron chi connectivity index (χ4n) is 6.11. The quantitative estimate of drug-likeness (QED) is 0.204. The summed E-state index contributed by atoms with van der Waals surface area (Å²) in [5.41, 5.74) is 9.23. The average molecular weight is 572 g/mol. The predicted molar refractivity (Wildman–Crippen MR) is 182 cm³/mol. The standard InChI is InChI=1S/C40H26ClNO/c41-36-26-32(25-35-39-34-17-8-7-15-30(34)21-24-38(39)43-40(35)36)42(31-22-19-28(20-23-31)27-11-3-1-4-12-27)37-18-10-9-16-33(37)29-13-5-2-6-14-29/h1-26H. The van der Waals surface area contributed by atoms with Crippen molar-refractivity contribution in [3.63, 3.8) is 0 Å². The number of para-hydroxylation sites is 1. The maximum atomic E-state index is 7.05. The van der Waals surface area contributed by atoms with Crippen molar-refractivity contribution < 1.29 is 4.42 Å². The van der Waals surface area contributed by atoms with Gasteiger partial charge < -0.3 is 9.32 Å². The molecular weight excluding hydrogens is 546 g/mol. The molecule has 2 nitrogen and oxygen atoms in total. The van der Waals surface area contributed by atoms with Crippen LogP contribution in [0.4, 0.5) is 17.1 Å². The van der Waals surface area contributed by atoms with Crippen LogP contribution in [-0.2, 0) is 0 Å². The van der Waals surface area contributed by atoms with E-state index in [-0.39, 0.29) is 0 Å². The van der Waals surface area contributed by atoms with Crippen molar-refractivity contribution in [2.45, 2.75) is 0 Å². The Kier molecular flexibility index (Phi) is 6.21. The second kappa shape index (κ2) is 10.5. The van der Waals surface area contributed by atoms with E-state index in [2.05, 4.69) is 138 Å². The molecule has 0 atom stereocenters. The van der Waals surface area contributed by atoms with Crippen LogP contribution in [0.2, 0.25) is 5.02 Å². The van der Waals surface area contributed by atoms with E-state index >= 15 is 0 Å². The minimum atomic E-state index is 0.580. The van der Waals surface area contributed by atoms with Gasteiger partial charge in [0.05, 0.1) is 10.7 Å². The van der Waals surface area contributed by atoms with Crippen molar-refractivity contribution in [2.24, 2.45) is 0 Å². The van der Waals surface area contributed by atoms with Crippen molar-refractivity contribution in [1.82, 2.24) is 0 Å². The molecule has 0 saturated heterocycles. The van der Waals surface area contributed by atoms with Gasteiger partial charge in [-0.2, -0.15) is 0 Å². The number of fused-ring (bicyclic) bond motifs is 5. The Morgan fingerprint density at radius 1 is 0.488 bits per heavy atom. The first-order valence-corrected chi connectivity index (χ1v) is 14.8. The summed E-state index contributed by atoms with van der Waals surface area (Å²) in [6, 6.07) is 55.1. The van der Waals surface area contributed by atoms with Gasteiger partial charge in [-0.15, -0.1) is 0 Å². The monoisotopic (exact) mass is 571 g/mol. The summed E-state index contributed by atoms with van der Waals surface area (Å²) in [5.74, 6) is 0. The molecule has 8 rings (SSSR count). The lowest BCUT2D eigenvalue weighted by Gasteiger charge is -2.28. The van der Waals surface area contributed by atoms with Gasteiger partial charge in [-0.25, -0.2) is 0 Å². The zero-order chi connectivity index (χ0) is 28.8. The van der Waals surface area contributed by atoms with Crippen LogP contribution in [0, 0.1) is 0 Å². The Bertz CT molecular complexity index is 2240. The molecule has 0 saturated carbocycles. The first-order chi connectivity index (χ1) is 21.2. The molecule has 0 radical (unpaired) electrons. The van der Waals surface area contributed by atoms with E-state index in [4.69, 9.17) is 16.0 Å². The summed E-state index contributed by atoms with van der Waals surface area (Å²) < 4.78 is 6.34. The van der Waals surface area contributed by atoms with E-state index in [9.17, 15) is 0 Å². The minimum absolute atomic E-state index is 0.580. The van der Waals surface area contributed by atoms with Gasteiger partial charge in [-0.3, -0.25) is 0 Å². The van der Waals surface area contributed by atoms with Crippen LogP contribution in [0.15, 0.2) is 162 Å². The fourth-order valence-corrected chi connectivity index (χ4v) is 6.37. The normalized spacial score (nSPS) is 11.4. The molecule has 1 heterocycles.